The van der Waals surface area contributed by atoms with Crippen molar-refractivity contribution in [2.75, 3.05) is 0 Å². The normalized spacial score (nSPS) is 17.1. The van der Waals surface area contributed by atoms with E-state index in [1.165, 1.54) is 5.01 Å². The molecule has 0 radical (unpaired) electrons. The standard InChI is InChI=1S/C19H16N2O3/c1-13-5-2-6-14(11-13)19(22)21-16(18-8-4-10-24-18)12-15(20-21)17-7-3-9-23-17/h2-11,16H,12H2,1H3. The Morgan fingerprint density at radius 3 is 2.67 bits per heavy atom. The van der Waals surface area contributed by atoms with Gasteiger partial charge in [-0.3, -0.25) is 4.79 Å². The molecule has 1 atom stereocenters. The number of furan rings is 2. The van der Waals surface area contributed by atoms with Crippen LogP contribution in [0, 0.1) is 6.92 Å². The second-order valence-electron chi connectivity index (χ2n) is 5.78. The number of hydrogen-bond donors (Lipinski definition) is 0. The Labute approximate surface area is 139 Å². The molecule has 1 aromatic carbocycles. The second-order valence-corrected chi connectivity index (χ2v) is 5.78. The average Bonchev–Trinajstić information content (AvgIpc) is 3.32. The predicted molar refractivity (Wildman–Crippen MR) is 88.7 cm³/mol. The summed E-state index contributed by atoms with van der Waals surface area (Å²) < 4.78 is 11.0. The number of benzene rings is 1. The molecule has 120 valence electrons. The SMILES string of the molecule is Cc1cccc(C(=O)N2N=C(c3ccco3)CC2c2ccco2)c1. The quantitative estimate of drug-likeness (QED) is 0.727. The van der Waals surface area contributed by atoms with E-state index in [4.69, 9.17) is 8.83 Å². The van der Waals surface area contributed by atoms with Gasteiger partial charge in [0.2, 0.25) is 0 Å². The van der Waals surface area contributed by atoms with Crippen LogP contribution in [0.5, 0.6) is 0 Å². The number of amides is 1. The molecule has 0 bridgehead atoms. The van der Waals surface area contributed by atoms with Gasteiger partial charge in [-0.2, -0.15) is 5.10 Å². The second kappa shape index (κ2) is 5.85. The Balaban J connectivity index is 1.72. The van der Waals surface area contributed by atoms with Crippen LogP contribution in [-0.2, 0) is 0 Å². The van der Waals surface area contributed by atoms with Crippen LogP contribution in [0.3, 0.4) is 0 Å². The van der Waals surface area contributed by atoms with Crippen LogP contribution in [0.1, 0.15) is 39.9 Å². The molecule has 4 rings (SSSR count). The van der Waals surface area contributed by atoms with E-state index >= 15 is 0 Å². The van der Waals surface area contributed by atoms with Crippen LogP contribution >= 0.6 is 0 Å². The first-order chi connectivity index (χ1) is 11.7. The summed E-state index contributed by atoms with van der Waals surface area (Å²) in [5, 5.41) is 6.01. The van der Waals surface area contributed by atoms with Crippen molar-refractivity contribution >= 4 is 11.6 Å². The molecule has 1 aliphatic heterocycles. The largest absolute Gasteiger partial charge is 0.467 e. The maximum Gasteiger partial charge on any atom is 0.274 e. The lowest BCUT2D eigenvalue weighted by Crippen LogP contribution is -2.26. The van der Waals surface area contributed by atoms with Crippen LogP contribution in [0.2, 0.25) is 0 Å². The summed E-state index contributed by atoms with van der Waals surface area (Å²) in [5.74, 6) is 1.23. The van der Waals surface area contributed by atoms with Crippen molar-refractivity contribution in [2.45, 2.75) is 19.4 Å². The van der Waals surface area contributed by atoms with Crippen LogP contribution in [0.25, 0.3) is 0 Å². The highest BCUT2D eigenvalue weighted by atomic mass is 16.3. The van der Waals surface area contributed by atoms with E-state index in [-0.39, 0.29) is 11.9 Å². The molecule has 3 heterocycles. The molecule has 0 aliphatic carbocycles. The topological polar surface area (TPSA) is 59.0 Å². The maximum atomic E-state index is 13.0. The highest BCUT2D eigenvalue weighted by Crippen LogP contribution is 2.34. The Kier molecular flexibility index (Phi) is 3.54. The van der Waals surface area contributed by atoms with Gasteiger partial charge in [-0.1, -0.05) is 17.7 Å². The van der Waals surface area contributed by atoms with Crippen LogP contribution in [-0.4, -0.2) is 16.6 Å². The zero-order chi connectivity index (χ0) is 16.5. The molecule has 1 aliphatic rings. The van der Waals surface area contributed by atoms with Crippen molar-refractivity contribution in [1.29, 1.82) is 0 Å². The highest BCUT2D eigenvalue weighted by Gasteiger charge is 2.36. The van der Waals surface area contributed by atoms with Gasteiger partial charge in [-0.05, 0) is 43.3 Å². The lowest BCUT2D eigenvalue weighted by Gasteiger charge is -2.20. The van der Waals surface area contributed by atoms with Gasteiger partial charge in [0.25, 0.3) is 5.91 Å². The summed E-state index contributed by atoms with van der Waals surface area (Å²) in [6.45, 7) is 1.96. The van der Waals surface area contributed by atoms with E-state index in [1.807, 2.05) is 49.4 Å². The van der Waals surface area contributed by atoms with Crippen LogP contribution in [0.4, 0.5) is 0 Å². The van der Waals surface area contributed by atoms with Crippen molar-refractivity contribution in [3.8, 4) is 0 Å². The van der Waals surface area contributed by atoms with E-state index in [9.17, 15) is 4.79 Å². The fourth-order valence-electron chi connectivity index (χ4n) is 2.90. The zero-order valence-electron chi connectivity index (χ0n) is 13.2. The Morgan fingerprint density at radius 1 is 1.12 bits per heavy atom. The predicted octanol–water partition coefficient (Wildman–Crippen LogP) is 4.17. The molecule has 5 heteroatoms. The summed E-state index contributed by atoms with van der Waals surface area (Å²) in [7, 11) is 0. The first-order valence-electron chi connectivity index (χ1n) is 7.77. The molecule has 24 heavy (non-hydrogen) atoms. The van der Waals surface area contributed by atoms with Gasteiger partial charge in [0, 0.05) is 12.0 Å². The molecule has 0 saturated carbocycles. The number of hydrogen-bond acceptors (Lipinski definition) is 4. The fraction of sp³-hybridized carbons (Fsp3) is 0.158. The third-order valence-electron chi connectivity index (χ3n) is 4.06. The monoisotopic (exact) mass is 320 g/mol. The van der Waals surface area contributed by atoms with E-state index in [2.05, 4.69) is 5.10 Å². The maximum absolute atomic E-state index is 13.0. The number of rotatable bonds is 3. The fourth-order valence-corrected chi connectivity index (χ4v) is 2.90. The number of aryl methyl sites for hydroxylation is 1. The van der Waals surface area contributed by atoms with Crippen molar-refractivity contribution < 1.29 is 13.6 Å². The third kappa shape index (κ3) is 2.54. The molecule has 2 aromatic heterocycles. The first kappa shape index (κ1) is 14.5. The average molecular weight is 320 g/mol. The Morgan fingerprint density at radius 2 is 1.96 bits per heavy atom. The molecule has 0 fully saturated rings. The molecule has 1 unspecified atom stereocenters. The van der Waals surface area contributed by atoms with E-state index < -0.39 is 0 Å². The number of hydrazone groups is 1. The molecule has 5 nitrogen and oxygen atoms in total. The number of carbonyl (C=O) groups excluding carboxylic acids is 1. The van der Waals surface area contributed by atoms with Gasteiger partial charge < -0.3 is 8.83 Å². The minimum atomic E-state index is -0.270. The summed E-state index contributed by atoms with van der Waals surface area (Å²) in [6.07, 6.45) is 3.76. The van der Waals surface area contributed by atoms with E-state index in [0.717, 1.165) is 11.3 Å². The molecular formula is C19H16N2O3. The molecule has 0 spiro atoms. The zero-order valence-corrected chi connectivity index (χ0v) is 13.2. The third-order valence-corrected chi connectivity index (χ3v) is 4.06. The van der Waals surface area contributed by atoms with Gasteiger partial charge in [0.05, 0.1) is 12.5 Å². The molecule has 0 N–H and O–H groups in total. The lowest BCUT2D eigenvalue weighted by molar-refractivity contribution is 0.0692. The number of carbonyl (C=O) groups is 1. The minimum Gasteiger partial charge on any atom is -0.467 e. The first-order valence-corrected chi connectivity index (χ1v) is 7.77. The summed E-state index contributed by atoms with van der Waals surface area (Å²) >= 11 is 0. The van der Waals surface area contributed by atoms with Gasteiger partial charge in [-0.25, -0.2) is 5.01 Å². The summed E-state index contributed by atoms with van der Waals surface area (Å²) in [6, 6.07) is 14.6. The molecule has 0 saturated heterocycles. The molecular weight excluding hydrogens is 304 g/mol. The smallest absolute Gasteiger partial charge is 0.274 e. The van der Waals surface area contributed by atoms with Crippen LogP contribution < -0.4 is 0 Å². The van der Waals surface area contributed by atoms with Crippen molar-refractivity contribution in [3.05, 3.63) is 83.7 Å². The van der Waals surface area contributed by atoms with Crippen molar-refractivity contribution in [2.24, 2.45) is 5.10 Å². The minimum absolute atomic E-state index is 0.151. The van der Waals surface area contributed by atoms with E-state index in [0.29, 0.717) is 23.5 Å². The van der Waals surface area contributed by atoms with Crippen molar-refractivity contribution in [1.82, 2.24) is 5.01 Å². The van der Waals surface area contributed by atoms with Crippen molar-refractivity contribution in [3.63, 3.8) is 0 Å². The summed E-state index contributed by atoms with van der Waals surface area (Å²) in [5.41, 5.74) is 2.38. The van der Waals surface area contributed by atoms with Gasteiger partial charge in [-0.15, -0.1) is 0 Å². The lowest BCUT2D eigenvalue weighted by atomic mass is 10.1. The molecule has 3 aromatic rings. The Bertz CT molecular complexity index is 879. The number of nitrogens with zero attached hydrogens (tertiary/aromatic N) is 2. The highest BCUT2D eigenvalue weighted by molar-refractivity contribution is 6.03. The van der Waals surface area contributed by atoms with Gasteiger partial charge >= 0.3 is 0 Å². The van der Waals surface area contributed by atoms with Gasteiger partial charge in [0.1, 0.15) is 23.3 Å². The summed E-state index contributed by atoms with van der Waals surface area (Å²) in [4.78, 5) is 13.0. The molecule has 1 amide bonds. The van der Waals surface area contributed by atoms with E-state index in [1.54, 1.807) is 18.6 Å². The van der Waals surface area contributed by atoms with Gasteiger partial charge in [0.15, 0.2) is 0 Å². The van der Waals surface area contributed by atoms with Crippen LogP contribution in [0.15, 0.2) is 75.0 Å². The Hall–Kier alpha value is -3.08.